The zero-order valence-corrected chi connectivity index (χ0v) is 8.36. The average molecular weight is 153 g/mol. The van der Waals surface area contributed by atoms with Crippen molar-refractivity contribution in [3.8, 4) is 0 Å². The highest BCUT2D eigenvalue weighted by Crippen LogP contribution is 2.26. The van der Waals surface area contributed by atoms with E-state index in [1.165, 1.54) is 5.57 Å². The highest BCUT2D eigenvalue weighted by Gasteiger charge is 2.14. The normalized spacial score (nSPS) is 13.4. The van der Waals surface area contributed by atoms with Gasteiger partial charge in [-0.15, -0.1) is 0 Å². The van der Waals surface area contributed by atoms with Gasteiger partial charge in [0.25, 0.3) is 0 Å². The molecule has 0 aliphatic rings. The molecule has 0 aromatic carbocycles. The van der Waals surface area contributed by atoms with Crippen LogP contribution in [-0.2, 0) is 0 Å². The summed E-state index contributed by atoms with van der Waals surface area (Å²) in [7, 11) is 1.82. The number of aliphatic imine (C=N–C) groups is 1. The number of nitrogens with zero attached hydrogens (tertiary/aromatic N) is 1. The molecule has 0 rings (SSSR count). The Morgan fingerprint density at radius 3 is 2.09 bits per heavy atom. The maximum atomic E-state index is 4.10. The Morgan fingerprint density at radius 2 is 1.82 bits per heavy atom. The van der Waals surface area contributed by atoms with E-state index in [4.69, 9.17) is 0 Å². The van der Waals surface area contributed by atoms with Crippen molar-refractivity contribution in [3.63, 3.8) is 0 Å². The molecule has 0 N–H and O–H groups in total. The van der Waals surface area contributed by atoms with Crippen LogP contribution in [0.15, 0.2) is 17.1 Å². The molecule has 0 saturated carbocycles. The highest BCUT2D eigenvalue weighted by molar-refractivity contribution is 5.84. The second kappa shape index (κ2) is 3.70. The molecule has 0 atom stereocenters. The van der Waals surface area contributed by atoms with Crippen LogP contribution in [-0.4, -0.2) is 12.8 Å². The van der Waals surface area contributed by atoms with Gasteiger partial charge in [-0.1, -0.05) is 32.9 Å². The third-order valence-electron chi connectivity index (χ3n) is 1.91. The van der Waals surface area contributed by atoms with Gasteiger partial charge in [-0.05, 0) is 12.3 Å². The van der Waals surface area contributed by atoms with Gasteiger partial charge in [0.1, 0.15) is 0 Å². The van der Waals surface area contributed by atoms with E-state index in [-0.39, 0.29) is 5.41 Å². The molecule has 0 heterocycles. The van der Waals surface area contributed by atoms with Crippen molar-refractivity contribution in [1.29, 1.82) is 0 Å². The molecule has 11 heavy (non-hydrogen) atoms. The predicted octanol–water partition coefficient (Wildman–Crippen LogP) is 3.07. The van der Waals surface area contributed by atoms with Gasteiger partial charge in [-0.25, -0.2) is 0 Å². The summed E-state index contributed by atoms with van der Waals surface area (Å²) in [6.07, 6.45) is 0.931. The van der Waals surface area contributed by atoms with Gasteiger partial charge < -0.3 is 0 Å². The molecule has 0 aliphatic heterocycles. The lowest BCUT2D eigenvalue weighted by Crippen LogP contribution is -2.10. The van der Waals surface area contributed by atoms with Gasteiger partial charge >= 0.3 is 0 Å². The van der Waals surface area contributed by atoms with Crippen LogP contribution in [0.5, 0.6) is 0 Å². The molecular formula is C10H19N. The first-order chi connectivity index (χ1) is 4.88. The smallest absolute Gasteiger partial charge is 0.0276 e. The van der Waals surface area contributed by atoms with Crippen molar-refractivity contribution in [2.24, 2.45) is 10.4 Å². The molecular weight excluding hydrogens is 134 g/mol. The van der Waals surface area contributed by atoms with Gasteiger partial charge in [0, 0.05) is 19.2 Å². The predicted molar refractivity (Wildman–Crippen MR) is 52.2 cm³/mol. The van der Waals surface area contributed by atoms with Crippen molar-refractivity contribution >= 4 is 5.71 Å². The summed E-state index contributed by atoms with van der Waals surface area (Å²) in [5.41, 5.74) is 2.62. The van der Waals surface area contributed by atoms with E-state index < -0.39 is 0 Å². The summed E-state index contributed by atoms with van der Waals surface area (Å²) in [5.74, 6) is 0. The molecule has 1 nitrogen and oxygen atoms in total. The van der Waals surface area contributed by atoms with Gasteiger partial charge in [-0.3, -0.25) is 4.99 Å². The lowest BCUT2D eigenvalue weighted by atomic mass is 9.85. The standard InChI is InChI=1S/C10H19N/c1-8(10(3,4)5)7-9(2)11-6/h1,7H2,2-6H3/b11-9-. The van der Waals surface area contributed by atoms with E-state index in [2.05, 4.69) is 32.3 Å². The van der Waals surface area contributed by atoms with Gasteiger partial charge in [0.05, 0.1) is 0 Å². The molecule has 0 fully saturated rings. The Kier molecular flexibility index (Phi) is 3.50. The quantitative estimate of drug-likeness (QED) is 0.427. The van der Waals surface area contributed by atoms with Crippen molar-refractivity contribution in [1.82, 2.24) is 0 Å². The lowest BCUT2D eigenvalue weighted by molar-refractivity contribution is 0.499. The van der Waals surface area contributed by atoms with Gasteiger partial charge in [0.2, 0.25) is 0 Å². The minimum Gasteiger partial charge on any atom is -0.297 e. The molecule has 0 radical (unpaired) electrons. The molecule has 0 aromatic rings. The van der Waals surface area contributed by atoms with Crippen molar-refractivity contribution in [2.75, 3.05) is 7.05 Å². The van der Waals surface area contributed by atoms with E-state index in [1.807, 2.05) is 14.0 Å². The van der Waals surface area contributed by atoms with Gasteiger partial charge in [0.15, 0.2) is 0 Å². The molecule has 1 heteroatoms. The minimum absolute atomic E-state index is 0.214. The molecule has 0 unspecified atom stereocenters. The zero-order valence-electron chi connectivity index (χ0n) is 8.36. The SMILES string of the molecule is C=C(C/C(C)=N\C)C(C)(C)C. The monoisotopic (exact) mass is 153 g/mol. The molecule has 0 aliphatic carbocycles. The largest absolute Gasteiger partial charge is 0.297 e. The van der Waals surface area contributed by atoms with Crippen LogP contribution >= 0.6 is 0 Å². The molecule has 0 amide bonds. The van der Waals surface area contributed by atoms with Crippen LogP contribution in [0.2, 0.25) is 0 Å². The minimum atomic E-state index is 0.214. The maximum Gasteiger partial charge on any atom is 0.0276 e. The van der Waals surface area contributed by atoms with Crippen LogP contribution in [0, 0.1) is 5.41 Å². The van der Waals surface area contributed by atoms with Crippen molar-refractivity contribution in [2.45, 2.75) is 34.1 Å². The van der Waals surface area contributed by atoms with E-state index in [1.54, 1.807) is 0 Å². The fourth-order valence-corrected chi connectivity index (χ4v) is 0.653. The average Bonchev–Trinajstić information content (AvgIpc) is 1.85. The first kappa shape index (κ1) is 10.4. The van der Waals surface area contributed by atoms with E-state index in [0.29, 0.717) is 0 Å². The van der Waals surface area contributed by atoms with Crippen molar-refractivity contribution < 1.29 is 0 Å². The second-order valence-corrected chi connectivity index (χ2v) is 3.99. The topological polar surface area (TPSA) is 12.4 Å². The van der Waals surface area contributed by atoms with Crippen molar-refractivity contribution in [3.05, 3.63) is 12.2 Å². The number of rotatable bonds is 2. The summed E-state index contributed by atoms with van der Waals surface area (Å²) in [6.45, 7) is 12.6. The third-order valence-corrected chi connectivity index (χ3v) is 1.91. The summed E-state index contributed by atoms with van der Waals surface area (Å²) >= 11 is 0. The van der Waals surface area contributed by atoms with Crippen LogP contribution in [0.3, 0.4) is 0 Å². The fraction of sp³-hybridized carbons (Fsp3) is 0.700. The van der Waals surface area contributed by atoms with E-state index in [9.17, 15) is 0 Å². The summed E-state index contributed by atoms with van der Waals surface area (Å²) in [6, 6.07) is 0. The summed E-state index contributed by atoms with van der Waals surface area (Å²) in [5, 5.41) is 0. The molecule has 0 saturated heterocycles. The summed E-state index contributed by atoms with van der Waals surface area (Å²) < 4.78 is 0. The summed E-state index contributed by atoms with van der Waals surface area (Å²) in [4.78, 5) is 4.10. The lowest BCUT2D eigenvalue weighted by Gasteiger charge is -2.21. The zero-order chi connectivity index (χ0) is 9.07. The van der Waals surface area contributed by atoms with Crippen LogP contribution in [0.25, 0.3) is 0 Å². The Bertz CT molecular complexity index is 170. The first-order valence-corrected chi connectivity index (χ1v) is 3.98. The molecule has 64 valence electrons. The van der Waals surface area contributed by atoms with Crippen LogP contribution < -0.4 is 0 Å². The van der Waals surface area contributed by atoms with Crippen LogP contribution in [0.1, 0.15) is 34.1 Å². The number of allylic oxidation sites excluding steroid dienone is 1. The fourth-order valence-electron chi connectivity index (χ4n) is 0.653. The second-order valence-electron chi connectivity index (χ2n) is 3.99. The Morgan fingerprint density at radius 1 is 1.36 bits per heavy atom. The van der Waals surface area contributed by atoms with E-state index >= 15 is 0 Å². The van der Waals surface area contributed by atoms with Gasteiger partial charge in [-0.2, -0.15) is 0 Å². The first-order valence-electron chi connectivity index (χ1n) is 3.98. The Labute approximate surface area is 70.2 Å². The maximum absolute atomic E-state index is 4.10. The Hall–Kier alpha value is -0.590. The van der Waals surface area contributed by atoms with E-state index in [0.717, 1.165) is 12.1 Å². The third kappa shape index (κ3) is 3.97. The molecule has 0 aromatic heterocycles. The molecule has 0 spiro atoms. The number of hydrogen-bond donors (Lipinski definition) is 0. The number of hydrogen-bond acceptors (Lipinski definition) is 1. The Balaban J connectivity index is 4.10. The highest BCUT2D eigenvalue weighted by atomic mass is 14.7. The van der Waals surface area contributed by atoms with Crippen LogP contribution in [0.4, 0.5) is 0 Å². The molecule has 0 bridgehead atoms.